The third-order valence-electron chi connectivity index (χ3n) is 0. The van der Waals surface area contributed by atoms with E-state index in [1.807, 2.05) is 0 Å². The first-order chi connectivity index (χ1) is 1.41. The van der Waals surface area contributed by atoms with Gasteiger partial charge in [0, 0.05) is 65.5 Å². The molecule has 0 N–H and O–H groups in total. The molecule has 0 aliphatic heterocycles. The number of rotatable bonds is 0. The second-order valence-electron chi connectivity index (χ2n) is 0.0583. The van der Waals surface area contributed by atoms with Crippen LogP contribution >= 0.6 is 46.0 Å². The summed E-state index contributed by atoms with van der Waals surface area (Å²) in [4.78, 5) is 0. The summed E-state index contributed by atoms with van der Waals surface area (Å²) in [6, 6.07) is 0. The summed E-state index contributed by atoms with van der Waals surface area (Å²) in [6.07, 6.45) is 0. The maximum absolute atomic E-state index is 4.19. The van der Waals surface area contributed by atoms with Crippen LogP contribution in [0, 0.1) is 0 Å². The second-order valence-corrected chi connectivity index (χ2v) is 2.62. The SMILES string of the molecule is IOI.[Li].[Mn].[Na]. The Kier molecular flexibility index (Phi) is 89.0. The molecule has 0 saturated heterocycles. The van der Waals surface area contributed by atoms with Crippen LogP contribution in [-0.2, 0) is 18.5 Å². The molecule has 0 heterocycles. The van der Waals surface area contributed by atoms with Gasteiger partial charge in [-0.1, -0.05) is 0 Å². The molecule has 0 aromatic heterocycles. The molecule has 0 amide bonds. The van der Waals surface area contributed by atoms with Crippen LogP contribution in [0.25, 0.3) is 0 Å². The minimum Gasteiger partial charge on any atom is -0.247 e. The van der Waals surface area contributed by atoms with Crippen LogP contribution in [0.3, 0.4) is 0 Å². The third-order valence-corrected chi connectivity index (χ3v) is 0. The summed E-state index contributed by atoms with van der Waals surface area (Å²) in [7, 11) is 0. The third kappa shape index (κ3) is 25.7. The van der Waals surface area contributed by atoms with Crippen molar-refractivity contribution in [2.45, 2.75) is 0 Å². The van der Waals surface area contributed by atoms with Crippen LogP contribution in [0.2, 0.25) is 0 Å². The normalized spacial score (nSPS) is 3.00. The summed E-state index contributed by atoms with van der Waals surface area (Å²) < 4.78 is 4.19. The van der Waals surface area contributed by atoms with E-state index < -0.39 is 0 Å². The second kappa shape index (κ2) is 23.6. The van der Waals surface area contributed by atoms with E-state index in [-0.39, 0.29) is 65.5 Å². The molecule has 0 spiro atoms. The van der Waals surface area contributed by atoms with E-state index in [0.717, 1.165) is 0 Å². The Morgan fingerprint density at radius 1 is 1.17 bits per heavy atom. The summed E-state index contributed by atoms with van der Waals surface area (Å²) in [6.45, 7) is 0. The molecule has 0 atom stereocenters. The Balaban J connectivity index is -0.00000000667. The quantitative estimate of drug-likeness (QED) is 0.465. The van der Waals surface area contributed by atoms with Gasteiger partial charge in [-0.15, -0.1) is 0 Å². The summed E-state index contributed by atoms with van der Waals surface area (Å²) in [5.74, 6) is 0. The van der Waals surface area contributed by atoms with E-state index >= 15 is 0 Å². The topological polar surface area (TPSA) is 9.23 Å². The van der Waals surface area contributed by atoms with Crippen molar-refractivity contribution in [3.63, 3.8) is 0 Å². The van der Waals surface area contributed by atoms with E-state index in [4.69, 9.17) is 0 Å². The van der Waals surface area contributed by atoms with Crippen LogP contribution in [0.15, 0.2) is 0 Å². The van der Waals surface area contributed by atoms with Crippen molar-refractivity contribution in [1.29, 1.82) is 0 Å². The van der Waals surface area contributed by atoms with Crippen molar-refractivity contribution >= 4 is 94.4 Å². The first-order valence-electron chi connectivity index (χ1n) is 0.309. The van der Waals surface area contributed by atoms with Crippen molar-refractivity contribution in [2.75, 3.05) is 0 Å². The zero-order valence-corrected chi connectivity index (χ0v) is 11.0. The van der Waals surface area contributed by atoms with Crippen LogP contribution in [0.4, 0.5) is 0 Å². The summed E-state index contributed by atoms with van der Waals surface area (Å²) in [5, 5.41) is 0. The van der Waals surface area contributed by atoms with E-state index in [1.54, 1.807) is 46.0 Å². The fraction of sp³-hybridized carbons (Fsp3) is 0. The first kappa shape index (κ1) is 22.7. The molecule has 0 aliphatic carbocycles. The zero-order valence-electron chi connectivity index (χ0n) is 3.54. The first-order valence-corrected chi connectivity index (χ1v) is 2.07. The van der Waals surface area contributed by atoms with Gasteiger partial charge in [-0.3, -0.25) is 0 Å². The molecule has 0 unspecified atom stereocenters. The average Bonchev–Trinajstić information content (AvgIpc) is 0.918. The smallest absolute Gasteiger partial charge is 0.124 e. The molecule has 0 fully saturated rings. The minimum absolute atomic E-state index is 0. The van der Waals surface area contributed by atoms with Crippen LogP contribution in [-0.4, -0.2) is 48.4 Å². The van der Waals surface area contributed by atoms with Crippen molar-refractivity contribution in [3.05, 3.63) is 0 Å². The molecule has 0 saturated carbocycles. The predicted molar refractivity (Wildman–Crippen MR) is 40.6 cm³/mol. The minimum atomic E-state index is 0. The monoisotopic (exact) mass is 355 g/mol. The van der Waals surface area contributed by atoms with Gasteiger partial charge in [0.25, 0.3) is 0 Å². The van der Waals surface area contributed by atoms with Gasteiger partial charge in [-0.05, 0) is 0 Å². The fourth-order valence-electron chi connectivity index (χ4n) is 0. The molecule has 0 aromatic carbocycles. The molecule has 6 heavy (non-hydrogen) atoms. The maximum Gasteiger partial charge on any atom is 0.124 e. The van der Waals surface area contributed by atoms with Crippen molar-refractivity contribution < 1.29 is 18.5 Å². The Morgan fingerprint density at radius 3 is 1.17 bits per heavy atom. The molecular formula is I2LiMnNaO. The van der Waals surface area contributed by atoms with Crippen LogP contribution < -0.4 is 0 Å². The van der Waals surface area contributed by atoms with E-state index in [0.29, 0.717) is 0 Å². The molecule has 0 aromatic rings. The Labute approximate surface area is 110 Å². The molecule has 0 rings (SSSR count). The number of hydrogen-bond donors (Lipinski definition) is 0. The van der Waals surface area contributed by atoms with Gasteiger partial charge >= 0.3 is 0 Å². The largest absolute Gasteiger partial charge is 0.247 e. The molecule has 3 radical (unpaired) electrons. The maximum atomic E-state index is 4.19. The summed E-state index contributed by atoms with van der Waals surface area (Å²) >= 11 is 3.55. The van der Waals surface area contributed by atoms with Gasteiger partial charge in [0.2, 0.25) is 0 Å². The Hall–Kier alpha value is 3.54. The van der Waals surface area contributed by atoms with Crippen molar-refractivity contribution in [2.24, 2.45) is 0 Å². The molecule has 0 aliphatic rings. The Morgan fingerprint density at radius 2 is 1.17 bits per heavy atom. The fourth-order valence-corrected chi connectivity index (χ4v) is 0. The molecule has 29 valence electrons. The van der Waals surface area contributed by atoms with E-state index in [2.05, 4.69) is 1.40 Å². The van der Waals surface area contributed by atoms with E-state index in [1.165, 1.54) is 0 Å². The Bertz CT molecular complexity index is 13.5. The standard InChI is InChI=1S/I2O.Li.Mn.Na/c1-3-2;;;. The summed E-state index contributed by atoms with van der Waals surface area (Å²) in [5.41, 5.74) is 0. The van der Waals surface area contributed by atoms with Gasteiger partial charge in [-0.25, -0.2) is 1.40 Å². The van der Waals surface area contributed by atoms with Crippen LogP contribution in [0.1, 0.15) is 0 Å². The van der Waals surface area contributed by atoms with Crippen LogP contribution in [0.5, 0.6) is 0 Å². The van der Waals surface area contributed by atoms with E-state index in [9.17, 15) is 0 Å². The number of halogens is 2. The average molecular weight is 355 g/mol. The van der Waals surface area contributed by atoms with Crippen molar-refractivity contribution in [1.82, 2.24) is 0 Å². The predicted octanol–water partition coefficient (Wildman–Crippen LogP) is 0.939. The molecule has 1 nitrogen and oxygen atoms in total. The van der Waals surface area contributed by atoms with Crippen molar-refractivity contribution in [3.8, 4) is 0 Å². The molecule has 6 heteroatoms. The molecular weight excluding hydrogens is 355 g/mol. The van der Waals surface area contributed by atoms with Gasteiger partial charge in [-0.2, -0.15) is 0 Å². The molecule has 0 bridgehead atoms. The van der Waals surface area contributed by atoms with Gasteiger partial charge in [0.1, 0.15) is 46.0 Å². The van der Waals surface area contributed by atoms with Gasteiger partial charge < -0.3 is 0 Å². The van der Waals surface area contributed by atoms with Gasteiger partial charge in [0.15, 0.2) is 0 Å². The number of hydrogen-bond acceptors (Lipinski definition) is 1. The van der Waals surface area contributed by atoms with Gasteiger partial charge in [0.05, 0.1) is 0 Å². The zero-order chi connectivity index (χ0) is 2.71.